The molecule has 0 aliphatic heterocycles. The minimum absolute atomic E-state index is 0.426. The van der Waals surface area contributed by atoms with Crippen LogP contribution >= 0.6 is 11.8 Å². The Morgan fingerprint density at radius 2 is 2.19 bits per heavy atom. The number of methoxy groups -OCH3 is 2. The van der Waals surface area contributed by atoms with Crippen LogP contribution in [0.3, 0.4) is 0 Å². The Kier molecular flexibility index (Phi) is 3.30. The minimum Gasteiger partial charge on any atom is -0.496 e. The number of thioether (sulfide) groups is 1. The molecule has 0 radical (unpaired) electrons. The third kappa shape index (κ3) is 1.57. The fraction of sp³-hybridized carbons (Fsp3) is 0.500. The van der Waals surface area contributed by atoms with Gasteiger partial charge in [0.05, 0.1) is 19.1 Å². The maximum Gasteiger partial charge on any atom is 0.136 e. The van der Waals surface area contributed by atoms with E-state index in [0.29, 0.717) is 12.5 Å². The molecule has 1 unspecified atom stereocenters. The quantitative estimate of drug-likeness (QED) is 0.816. The van der Waals surface area contributed by atoms with Crippen LogP contribution in [0.5, 0.6) is 11.5 Å². The van der Waals surface area contributed by atoms with Gasteiger partial charge in [0.1, 0.15) is 11.5 Å². The summed E-state index contributed by atoms with van der Waals surface area (Å²) in [7, 11) is 3.43. The van der Waals surface area contributed by atoms with Crippen LogP contribution in [0, 0.1) is 0 Å². The number of nitrogens with two attached hydrogens (primary N) is 1. The molecule has 1 atom stereocenters. The Bertz CT molecular complexity index is 406. The van der Waals surface area contributed by atoms with Crippen molar-refractivity contribution in [1.82, 2.24) is 0 Å². The van der Waals surface area contributed by atoms with Crippen LogP contribution in [0.4, 0.5) is 0 Å². The fourth-order valence-corrected chi connectivity index (χ4v) is 2.91. The molecule has 0 saturated heterocycles. The second-order valence-electron chi connectivity index (χ2n) is 3.84. The molecule has 0 aromatic heterocycles. The van der Waals surface area contributed by atoms with Gasteiger partial charge >= 0.3 is 0 Å². The van der Waals surface area contributed by atoms with E-state index in [4.69, 9.17) is 15.2 Å². The van der Waals surface area contributed by atoms with Crippen LogP contribution in [0.1, 0.15) is 17.0 Å². The van der Waals surface area contributed by atoms with E-state index in [1.807, 2.05) is 12.3 Å². The summed E-state index contributed by atoms with van der Waals surface area (Å²) in [6.07, 6.45) is 3.04. The highest BCUT2D eigenvalue weighted by atomic mass is 32.2. The van der Waals surface area contributed by atoms with Crippen molar-refractivity contribution >= 4 is 11.8 Å². The lowest BCUT2D eigenvalue weighted by Crippen LogP contribution is -2.26. The molecule has 88 valence electrons. The number of fused-ring (bicyclic) bond motifs is 1. The Morgan fingerprint density at radius 3 is 2.69 bits per heavy atom. The average molecular weight is 239 g/mol. The van der Waals surface area contributed by atoms with Gasteiger partial charge in [-0.15, -0.1) is 11.8 Å². The predicted molar refractivity (Wildman–Crippen MR) is 66.8 cm³/mol. The molecule has 2 N–H and O–H groups in total. The van der Waals surface area contributed by atoms with E-state index in [9.17, 15) is 0 Å². The van der Waals surface area contributed by atoms with Gasteiger partial charge in [-0.3, -0.25) is 0 Å². The maximum absolute atomic E-state index is 5.73. The Balaban J connectivity index is 2.54. The Hall–Kier alpha value is -0.870. The van der Waals surface area contributed by atoms with Gasteiger partial charge in [-0.2, -0.15) is 0 Å². The summed E-state index contributed by atoms with van der Waals surface area (Å²) in [5, 5.41) is 0. The molecule has 3 nitrogen and oxygen atoms in total. The molecule has 0 fully saturated rings. The van der Waals surface area contributed by atoms with Crippen LogP contribution in [0.15, 0.2) is 11.0 Å². The summed E-state index contributed by atoms with van der Waals surface area (Å²) in [6.45, 7) is 0.672. The monoisotopic (exact) mass is 239 g/mol. The smallest absolute Gasteiger partial charge is 0.136 e. The Morgan fingerprint density at radius 1 is 1.44 bits per heavy atom. The van der Waals surface area contributed by atoms with Crippen molar-refractivity contribution in [1.29, 1.82) is 0 Å². The summed E-state index contributed by atoms with van der Waals surface area (Å²) in [5.41, 5.74) is 8.23. The Labute approximate surface area is 100 Å². The van der Waals surface area contributed by atoms with Gasteiger partial charge < -0.3 is 15.2 Å². The van der Waals surface area contributed by atoms with E-state index >= 15 is 0 Å². The summed E-state index contributed by atoms with van der Waals surface area (Å²) >= 11 is 1.68. The minimum atomic E-state index is 0.426. The summed E-state index contributed by atoms with van der Waals surface area (Å²) < 4.78 is 10.9. The zero-order chi connectivity index (χ0) is 11.7. The van der Waals surface area contributed by atoms with Crippen LogP contribution in [-0.4, -0.2) is 27.0 Å². The van der Waals surface area contributed by atoms with Gasteiger partial charge in [0, 0.05) is 17.0 Å². The van der Waals surface area contributed by atoms with E-state index in [1.165, 1.54) is 11.1 Å². The van der Waals surface area contributed by atoms with E-state index < -0.39 is 0 Å². The largest absolute Gasteiger partial charge is 0.496 e. The molecule has 0 bridgehead atoms. The number of hydrogen-bond donors (Lipinski definition) is 1. The molecule has 0 heterocycles. The van der Waals surface area contributed by atoms with Crippen molar-refractivity contribution in [3.8, 4) is 11.5 Å². The molecule has 4 heteroatoms. The second-order valence-corrected chi connectivity index (χ2v) is 4.69. The molecular weight excluding hydrogens is 222 g/mol. The van der Waals surface area contributed by atoms with Gasteiger partial charge in [-0.25, -0.2) is 0 Å². The lowest BCUT2D eigenvalue weighted by atomic mass is 9.76. The topological polar surface area (TPSA) is 44.5 Å². The van der Waals surface area contributed by atoms with Crippen molar-refractivity contribution in [2.45, 2.75) is 17.2 Å². The van der Waals surface area contributed by atoms with Gasteiger partial charge in [-0.05, 0) is 25.3 Å². The van der Waals surface area contributed by atoms with Crippen molar-refractivity contribution in [2.75, 3.05) is 27.0 Å². The zero-order valence-corrected chi connectivity index (χ0v) is 10.7. The first-order valence-corrected chi connectivity index (χ1v) is 6.51. The molecule has 0 saturated carbocycles. The number of hydrogen-bond acceptors (Lipinski definition) is 4. The van der Waals surface area contributed by atoms with E-state index in [0.717, 1.165) is 22.8 Å². The SMILES string of the molecule is COc1cc(SC)c(OC)c2c1C(CN)C2. The number of benzene rings is 1. The second kappa shape index (κ2) is 4.55. The molecule has 1 aliphatic carbocycles. The normalized spacial score (nSPS) is 17.6. The first kappa shape index (κ1) is 11.6. The fourth-order valence-electron chi connectivity index (χ4n) is 2.30. The van der Waals surface area contributed by atoms with Crippen LogP contribution in [0.2, 0.25) is 0 Å². The molecule has 0 spiro atoms. The number of rotatable bonds is 4. The maximum atomic E-state index is 5.73. The molecule has 1 aliphatic rings. The average Bonchev–Trinajstić information content (AvgIpc) is 2.29. The number of ether oxygens (including phenoxy) is 2. The molecule has 0 amide bonds. The zero-order valence-electron chi connectivity index (χ0n) is 9.87. The molecule has 1 aromatic rings. The molecule has 16 heavy (non-hydrogen) atoms. The van der Waals surface area contributed by atoms with Crippen LogP contribution in [-0.2, 0) is 6.42 Å². The van der Waals surface area contributed by atoms with Crippen molar-refractivity contribution in [2.24, 2.45) is 5.73 Å². The van der Waals surface area contributed by atoms with E-state index in [-0.39, 0.29) is 0 Å². The van der Waals surface area contributed by atoms with Gasteiger partial charge in [-0.1, -0.05) is 0 Å². The predicted octanol–water partition coefficient (Wildman–Crippen LogP) is 2.02. The molecule has 1 aromatic carbocycles. The summed E-state index contributed by atoms with van der Waals surface area (Å²) in [5.74, 6) is 2.37. The van der Waals surface area contributed by atoms with E-state index in [1.54, 1.807) is 26.0 Å². The van der Waals surface area contributed by atoms with Gasteiger partial charge in [0.15, 0.2) is 0 Å². The van der Waals surface area contributed by atoms with Crippen LogP contribution < -0.4 is 15.2 Å². The highest BCUT2D eigenvalue weighted by Gasteiger charge is 2.33. The van der Waals surface area contributed by atoms with Crippen molar-refractivity contribution in [3.05, 3.63) is 17.2 Å². The standard InChI is InChI=1S/C12H17NO2S/c1-14-9-5-10(16-3)12(15-2)8-4-7(6-13)11(8)9/h5,7H,4,6,13H2,1-3H3. The van der Waals surface area contributed by atoms with Gasteiger partial charge in [0.25, 0.3) is 0 Å². The highest BCUT2D eigenvalue weighted by molar-refractivity contribution is 7.98. The summed E-state index contributed by atoms with van der Waals surface area (Å²) in [6, 6.07) is 2.05. The van der Waals surface area contributed by atoms with E-state index in [2.05, 4.69) is 0 Å². The van der Waals surface area contributed by atoms with Crippen LogP contribution in [0.25, 0.3) is 0 Å². The van der Waals surface area contributed by atoms with Gasteiger partial charge in [0.2, 0.25) is 0 Å². The third-order valence-corrected chi connectivity index (χ3v) is 3.88. The molecular formula is C12H17NO2S. The first-order chi connectivity index (χ1) is 7.76. The van der Waals surface area contributed by atoms with Crippen molar-refractivity contribution in [3.63, 3.8) is 0 Å². The summed E-state index contributed by atoms with van der Waals surface area (Å²) in [4.78, 5) is 1.13. The lowest BCUT2D eigenvalue weighted by molar-refractivity contribution is 0.368. The third-order valence-electron chi connectivity index (χ3n) is 3.14. The van der Waals surface area contributed by atoms with Crippen molar-refractivity contribution < 1.29 is 9.47 Å². The lowest BCUT2D eigenvalue weighted by Gasteiger charge is -2.33. The first-order valence-electron chi connectivity index (χ1n) is 5.28. The molecule has 2 rings (SSSR count). The highest BCUT2D eigenvalue weighted by Crippen LogP contribution is 2.49.